The molecular formula is C17H31N3O. The van der Waals surface area contributed by atoms with Gasteiger partial charge in [-0.25, -0.2) is 4.98 Å². The normalized spacial score (nSPS) is 19.6. The summed E-state index contributed by atoms with van der Waals surface area (Å²) in [5.74, 6) is 1.18. The van der Waals surface area contributed by atoms with Crippen LogP contribution in [0, 0.1) is 0 Å². The van der Waals surface area contributed by atoms with Gasteiger partial charge in [0.1, 0.15) is 5.82 Å². The van der Waals surface area contributed by atoms with Gasteiger partial charge >= 0.3 is 0 Å². The third-order valence-corrected chi connectivity index (χ3v) is 4.84. The van der Waals surface area contributed by atoms with Crippen molar-refractivity contribution in [3.05, 3.63) is 18.2 Å². The second-order valence-corrected chi connectivity index (χ2v) is 6.18. The Kier molecular flexibility index (Phi) is 6.24. The van der Waals surface area contributed by atoms with Gasteiger partial charge in [-0.2, -0.15) is 0 Å². The fourth-order valence-corrected chi connectivity index (χ4v) is 3.69. The second-order valence-electron chi connectivity index (χ2n) is 6.18. The fraction of sp³-hybridized carbons (Fsp3) is 0.824. The molecule has 1 aromatic rings. The first-order valence-corrected chi connectivity index (χ1v) is 8.54. The van der Waals surface area contributed by atoms with E-state index in [0.717, 1.165) is 38.8 Å². The molecule has 1 aromatic heterocycles. The van der Waals surface area contributed by atoms with Crippen molar-refractivity contribution < 1.29 is 4.74 Å². The van der Waals surface area contributed by atoms with Crippen LogP contribution in [0.5, 0.6) is 0 Å². The van der Waals surface area contributed by atoms with Crippen molar-refractivity contribution in [3.8, 4) is 0 Å². The summed E-state index contributed by atoms with van der Waals surface area (Å²) in [6.45, 7) is 6.42. The summed E-state index contributed by atoms with van der Waals surface area (Å²) >= 11 is 0. The third kappa shape index (κ3) is 3.86. The van der Waals surface area contributed by atoms with E-state index >= 15 is 0 Å². The standard InChI is InChI=1S/C17H31N3O/c1-4-12-20-13-11-19-16(20)14-15(18-5-2)17(21-3)9-7-6-8-10-17/h11,13,15,18H,4-10,12,14H2,1-3H3. The summed E-state index contributed by atoms with van der Waals surface area (Å²) in [7, 11) is 1.88. The smallest absolute Gasteiger partial charge is 0.110 e. The Labute approximate surface area is 129 Å². The number of rotatable bonds is 8. The van der Waals surface area contributed by atoms with E-state index in [0.29, 0.717) is 6.04 Å². The van der Waals surface area contributed by atoms with Crippen LogP contribution in [0.25, 0.3) is 0 Å². The Bertz CT molecular complexity index is 410. The molecule has 2 rings (SSSR count). The average molecular weight is 293 g/mol. The highest BCUT2D eigenvalue weighted by molar-refractivity contribution is 5.03. The monoisotopic (exact) mass is 293 g/mol. The Hall–Kier alpha value is -0.870. The van der Waals surface area contributed by atoms with E-state index in [4.69, 9.17) is 4.74 Å². The Morgan fingerprint density at radius 3 is 2.71 bits per heavy atom. The van der Waals surface area contributed by atoms with Crippen molar-refractivity contribution in [3.63, 3.8) is 0 Å². The van der Waals surface area contributed by atoms with Gasteiger partial charge in [0, 0.05) is 38.5 Å². The summed E-state index contributed by atoms with van der Waals surface area (Å²) in [4.78, 5) is 4.58. The van der Waals surface area contributed by atoms with E-state index in [1.165, 1.54) is 25.1 Å². The van der Waals surface area contributed by atoms with Crippen molar-refractivity contribution in [2.45, 2.75) is 77.0 Å². The SMILES string of the molecule is CCCn1ccnc1CC(NCC)C1(OC)CCCCC1. The molecule has 0 saturated heterocycles. The number of hydrogen-bond acceptors (Lipinski definition) is 3. The molecule has 0 amide bonds. The zero-order valence-corrected chi connectivity index (χ0v) is 13.9. The number of aryl methyl sites for hydroxylation is 1. The minimum Gasteiger partial charge on any atom is -0.377 e. The fourth-order valence-electron chi connectivity index (χ4n) is 3.69. The number of nitrogens with zero attached hydrogens (tertiary/aromatic N) is 2. The summed E-state index contributed by atoms with van der Waals surface area (Å²) < 4.78 is 8.33. The van der Waals surface area contributed by atoms with Crippen molar-refractivity contribution in [2.75, 3.05) is 13.7 Å². The van der Waals surface area contributed by atoms with Gasteiger partial charge in [-0.1, -0.05) is 33.1 Å². The second kappa shape index (κ2) is 7.95. The van der Waals surface area contributed by atoms with Crippen LogP contribution in [0.2, 0.25) is 0 Å². The predicted molar refractivity (Wildman–Crippen MR) is 86.5 cm³/mol. The quantitative estimate of drug-likeness (QED) is 0.800. The van der Waals surface area contributed by atoms with Gasteiger partial charge in [-0.05, 0) is 25.8 Å². The van der Waals surface area contributed by atoms with Gasteiger partial charge in [0.15, 0.2) is 0 Å². The lowest BCUT2D eigenvalue weighted by molar-refractivity contribution is -0.0675. The van der Waals surface area contributed by atoms with E-state index in [9.17, 15) is 0 Å². The first kappa shape index (κ1) is 16.5. The van der Waals surface area contributed by atoms with Crippen LogP contribution in [0.15, 0.2) is 12.4 Å². The molecule has 1 aliphatic rings. The van der Waals surface area contributed by atoms with Crippen LogP contribution in [0.3, 0.4) is 0 Å². The highest BCUT2D eigenvalue weighted by Gasteiger charge is 2.40. The molecule has 0 aromatic carbocycles. The highest BCUT2D eigenvalue weighted by atomic mass is 16.5. The maximum absolute atomic E-state index is 6.04. The zero-order valence-electron chi connectivity index (χ0n) is 13.9. The molecule has 0 spiro atoms. The minimum atomic E-state index is -0.0166. The number of methoxy groups -OCH3 is 1. The third-order valence-electron chi connectivity index (χ3n) is 4.84. The van der Waals surface area contributed by atoms with E-state index in [-0.39, 0.29) is 5.60 Å². The minimum absolute atomic E-state index is 0.0166. The Morgan fingerprint density at radius 1 is 1.33 bits per heavy atom. The number of ether oxygens (including phenoxy) is 1. The lowest BCUT2D eigenvalue weighted by Gasteiger charge is -2.43. The van der Waals surface area contributed by atoms with Crippen molar-refractivity contribution >= 4 is 0 Å². The topological polar surface area (TPSA) is 39.1 Å². The van der Waals surface area contributed by atoms with Crippen molar-refractivity contribution in [1.29, 1.82) is 0 Å². The molecule has 1 fully saturated rings. The predicted octanol–water partition coefficient (Wildman–Crippen LogP) is 3.16. The summed E-state index contributed by atoms with van der Waals surface area (Å²) in [6, 6.07) is 0.353. The lowest BCUT2D eigenvalue weighted by atomic mass is 9.77. The molecule has 120 valence electrons. The largest absolute Gasteiger partial charge is 0.377 e. The van der Waals surface area contributed by atoms with Crippen LogP contribution < -0.4 is 5.32 Å². The van der Waals surface area contributed by atoms with E-state index in [1.54, 1.807) is 0 Å². The molecule has 4 nitrogen and oxygen atoms in total. The number of nitrogens with one attached hydrogen (secondary N) is 1. The maximum Gasteiger partial charge on any atom is 0.110 e. The molecule has 1 saturated carbocycles. The molecule has 1 atom stereocenters. The summed E-state index contributed by atoms with van der Waals surface area (Å²) in [5.41, 5.74) is -0.0166. The van der Waals surface area contributed by atoms with Crippen LogP contribution in [0.1, 0.15) is 58.2 Å². The van der Waals surface area contributed by atoms with Gasteiger partial charge in [0.25, 0.3) is 0 Å². The van der Waals surface area contributed by atoms with Crippen LogP contribution in [0.4, 0.5) is 0 Å². The number of aromatic nitrogens is 2. The van der Waals surface area contributed by atoms with Gasteiger partial charge in [0.05, 0.1) is 5.60 Å². The van der Waals surface area contributed by atoms with E-state index in [1.807, 2.05) is 13.3 Å². The van der Waals surface area contributed by atoms with Crippen LogP contribution in [-0.2, 0) is 17.7 Å². The first-order valence-electron chi connectivity index (χ1n) is 8.54. The Morgan fingerprint density at radius 2 is 2.10 bits per heavy atom. The summed E-state index contributed by atoms with van der Waals surface area (Å²) in [5, 5.41) is 3.67. The lowest BCUT2D eigenvalue weighted by Crippen LogP contribution is -2.54. The average Bonchev–Trinajstić information content (AvgIpc) is 2.95. The molecule has 1 aliphatic carbocycles. The molecule has 1 unspecified atom stereocenters. The zero-order chi connectivity index (χ0) is 15.1. The molecule has 21 heavy (non-hydrogen) atoms. The van der Waals surface area contributed by atoms with E-state index < -0.39 is 0 Å². The Balaban J connectivity index is 2.15. The van der Waals surface area contributed by atoms with Gasteiger partial charge < -0.3 is 14.6 Å². The molecule has 0 bridgehead atoms. The first-order chi connectivity index (χ1) is 10.3. The summed E-state index contributed by atoms with van der Waals surface area (Å²) in [6.07, 6.45) is 12.3. The van der Waals surface area contributed by atoms with E-state index in [2.05, 4.69) is 34.9 Å². The number of likely N-dealkylation sites (N-methyl/N-ethyl adjacent to an activating group) is 1. The van der Waals surface area contributed by atoms with Gasteiger partial charge in [0.2, 0.25) is 0 Å². The molecule has 0 radical (unpaired) electrons. The van der Waals surface area contributed by atoms with Crippen molar-refractivity contribution in [2.24, 2.45) is 0 Å². The molecule has 1 heterocycles. The molecule has 1 N–H and O–H groups in total. The highest BCUT2D eigenvalue weighted by Crippen LogP contribution is 2.35. The number of hydrogen-bond donors (Lipinski definition) is 1. The van der Waals surface area contributed by atoms with Crippen LogP contribution in [-0.4, -0.2) is 34.8 Å². The van der Waals surface area contributed by atoms with Gasteiger partial charge in [-0.15, -0.1) is 0 Å². The maximum atomic E-state index is 6.04. The number of imidazole rings is 1. The molecule has 4 heteroatoms. The molecule has 0 aliphatic heterocycles. The van der Waals surface area contributed by atoms with Crippen LogP contribution >= 0.6 is 0 Å². The van der Waals surface area contributed by atoms with Crippen molar-refractivity contribution in [1.82, 2.24) is 14.9 Å². The molecular weight excluding hydrogens is 262 g/mol. The van der Waals surface area contributed by atoms with Gasteiger partial charge in [-0.3, -0.25) is 0 Å².